The van der Waals surface area contributed by atoms with Gasteiger partial charge in [-0.25, -0.2) is 9.59 Å². The second-order valence-electron chi connectivity index (χ2n) is 6.17. The van der Waals surface area contributed by atoms with E-state index in [4.69, 9.17) is 14.2 Å². The molecule has 27 heavy (non-hydrogen) atoms. The average molecular weight is 376 g/mol. The molecule has 0 spiro atoms. The molecule has 2 rings (SSSR count). The summed E-state index contributed by atoms with van der Waals surface area (Å²) in [6.07, 6.45) is 0.931. The Hall–Kier alpha value is -2.87. The van der Waals surface area contributed by atoms with Crippen molar-refractivity contribution in [2.45, 2.75) is 12.8 Å². The van der Waals surface area contributed by atoms with Gasteiger partial charge < -0.3 is 24.0 Å². The standard InChI is InChI=1S/C19H24N2O6/c1-20(2)16(22)9-8-13-6-5-7-14(10-13)21-12-27-11-15(18(23)25-3)17(21)19(24)26-4/h5-7,10H,8-9,11-12H2,1-4H3. The first-order valence-corrected chi connectivity index (χ1v) is 8.43. The van der Waals surface area contributed by atoms with Crippen molar-refractivity contribution in [1.82, 2.24) is 4.90 Å². The fourth-order valence-corrected chi connectivity index (χ4v) is 2.70. The zero-order valence-corrected chi connectivity index (χ0v) is 16.0. The number of nitrogens with zero attached hydrogens (tertiary/aromatic N) is 2. The lowest BCUT2D eigenvalue weighted by Crippen LogP contribution is -2.38. The second kappa shape index (κ2) is 9.18. The first-order chi connectivity index (χ1) is 12.9. The molecule has 146 valence electrons. The molecule has 0 saturated carbocycles. The molecule has 0 aromatic heterocycles. The Balaban J connectivity index is 2.34. The van der Waals surface area contributed by atoms with Crippen LogP contribution in [0.1, 0.15) is 12.0 Å². The van der Waals surface area contributed by atoms with Crippen LogP contribution >= 0.6 is 0 Å². The van der Waals surface area contributed by atoms with Gasteiger partial charge in [0, 0.05) is 26.2 Å². The quantitative estimate of drug-likeness (QED) is 0.687. The van der Waals surface area contributed by atoms with Gasteiger partial charge in [-0.2, -0.15) is 0 Å². The lowest BCUT2D eigenvalue weighted by Gasteiger charge is -2.31. The Morgan fingerprint density at radius 3 is 2.48 bits per heavy atom. The molecule has 0 bridgehead atoms. The predicted octanol–water partition coefficient (Wildman–Crippen LogP) is 1.10. The van der Waals surface area contributed by atoms with Gasteiger partial charge in [-0.15, -0.1) is 0 Å². The van der Waals surface area contributed by atoms with E-state index < -0.39 is 11.9 Å². The van der Waals surface area contributed by atoms with Gasteiger partial charge in [-0.1, -0.05) is 12.1 Å². The smallest absolute Gasteiger partial charge is 0.355 e. The molecular weight excluding hydrogens is 352 g/mol. The molecule has 0 saturated heterocycles. The van der Waals surface area contributed by atoms with Crippen molar-refractivity contribution in [1.29, 1.82) is 0 Å². The normalized spacial score (nSPS) is 14.0. The van der Waals surface area contributed by atoms with Gasteiger partial charge in [0.15, 0.2) is 0 Å². The SMILES string of the molecule is COC(=O)C1=C(C(=O)OC)N(c2cccc(CCC(=O)N(C)C)c2)COC1. The Morgan fingerprint density at radius 1 is 1.15 bits per heavy atom. The molecule has 8 nitrogen and oxygen atoms in total. The van der Waals surface area contributed by atoms with Crippen LogP contribution in [0, 0.1) is 0 Å². The van der Waals surface area contributed by atoms with Crippen molar-refractivity contribution in [3.63, 3.8) is 0 Å². The number of esters is 2. The molecule has 1 aromatic carbocycles. The van der Waals surface area contributed by atoms with Crippen LogP contribution in [0.5, 0.6) is 0 Å². The maximum atomic E-state index is 12.3. The van der Waals surface area contributed by atoms with Crippen molar-refractivity contribution in [2.75, 3.05) is 46.6 Å². The van der Waals surface area contributed by atoms with Crippen molar-refractivity contribution < 1.29 is 28.6 Å². The van der Waals surface area contributed by atoms with E-state index in [0.29, 0.717) is 18.5 Å². The molecule has 0 radical (unpaired) electrons. The molecule has 0 fully saturated rings. The van der Waals surface area contributed by atoms with Crippen LogP contribution in [0.2, 0.25) is 0 Å². The Bertz CT molecular complexity index is 756. The molecule has 8 heteroatoms. The monoisotopic (exact) mass is 376 g/mol. The minimum atomic E-state index is -0.646. The van der Waals surface area contributed by atoms with Gasteiger partial charge in [0.25, 0.3) is 0 Å². The lowest BCUT2D eigenvalue weighted by molar-refractivity contribution is -0.140. The Labute approximate surface area is 158 Å². The number of amides is 1. The summed E-state index contributed by atoms with van der Waals surface area (Å²) in [5.74, 6) is -1.26. The number of methoxy groups -OCH3 is 2. The zero-order chi connectivity index (χ0) is 20.0. The van der Waals surface area contributed by atoms with E-state index in [0.717, 1.165) is 5.56 Å². The molecule has 1 heterocycles. The topological polar surface area (TPSA) is 85.4 Å². The van der Waals surface area contributed by atoms with Crippen LogP contribution in [0.15, 0.2) is 35.5 Å². The maximum absolute atomic E-state index is 12.3. The van der Waals surface area contributed by atoms with E-state index in [-0.39, 0.29) is 30.5 Å². The molecular formula is C19H24N2O6. The van der Waals surface area contributed by atoms with Crippen LogP contribution < -0.4 is 4.90 Å². The van der Waals surface area contributed by atoms with Crippen LogP contribution in [-0.2, 0) is 35.0 Å². The maximum Gasteiger partial charge on any atom is 0.355 e. The summed E-state index contributed by atoms with van der Waals surface area (Å²) in [7, 11) is 5.92. The summed E-state index contributed by atoms with van der Waals surface area (Å²) in [6, 6.07) is 7.38. The number of hydrogen-bond donors (Lipinski definition) is 0. The summed E-state index contributed by atoms with van der Waals surface area (Å²) in [5.41, 5.74) is 1.78. The number of aryl methyl sites for hydroxylation is 1. The number of anilines is 1. The number of carbonyl (C=O) groups excluding carboxylic acids is 3. The van der Waals surface area contributed by atoms with E-state index >= 15 is 0 Å². The van der Waals surface area contributed by atoms with E-state index in [1.165, 1.54) is 14.2 Å². The third-order valence-corrected chi connectivity index (χ3v) is 4.18. The molecule has 1 aromatic rings. The molecule has 0 aliphatic carbocycles. The third-order valence-electron chi connectivity index (χ3n) is 4.18. The zero-order valence-electron chi connectivity index (χ0n) is 16.0. The number of ether oxygens (including phenoxy) is 3. The van der Waals surface area contributed by atoms with E-state index in [1.54, 1.807) is 30.0 Å². The highest BCUT2D eigenvalue weighted by molar-refractivity contribution is 6.03. The van der Waals surface area contributed by atoms with Crippen LogP contribution in [0.4, 0.5) is 5.69 Å². The highest BCUT2D eigenvalue weighted by Gasteiger charge is 2.32. The minimum Gasteiger partial charge on any atom is -0.466 e. The van der Waals surface area contributed by atoms with Crippen molar-refractivity contribution in [2.24, 2.45) is 0 Å². The van der Waals surface area contributed by atoms with Gasteiger partial charge in [-0.3, -0.25) is 4.79 Å². The molecule has 1 aliphatic rings. The fraction of sp³-hybridized carbons (Fsp3) is 0.421. The van der Waals surface area contributed by atoms with Crippen molar-refractivity contribution in [3.05, 3.63) is 41.1 Å². The summed E-state index contributed by atoms with van der Waals surface area (Å²) in [4.78, 5) is 39.3. The van der Waals surface area contributed by atoms with Gasteiger partial charge in [0.1, 0.15) is 12.4 Å². The van der Waals surface area contributed by atoms with Crippen LogP contribution in [0.3, 0.4) is 0 Å². The number of rotatable bonds is 6. The summed E-state index contributed by atoms with van der Waals surface area (Å²) >= 11 is 0. The summed E-state index contributed by atoms with van der Waals surface area (Å²) < 4.78 is 15.1. The third kappa shape index (κ3) is 4.85. The Kier molecular flexibility index (Phi) is 6.95. The highest BCUT2D eigenvalue weighted by Crippen LogP contribution is 2.27. The lowest BCUT2D eigenvalue weighted by atomic mass is 10.1. The summed E-state index contributed by atoms with van der Waals surface area (Å²) in [6.45, 7) is 0.0512. The predicted molar refractivity (Wildman–Crippen MR) is 97.8 cm³/mol. The average Bonchev–Trinajstić information content (AvgIpc) is 2.70. The van der Waals surface area contributed by atoms with E-state index in [2.05, 4.69) is 0 Å². The van der Waals surface area contributed by atoms with Gasteiger partial charge in [0.05, 0.1) is 26.4 Å². The van der Waals surface area contributed by atoms with Crippen molar-refractivity contribution >= 4 is 23.5 Å². The number of benzene rings is 1. The molecule has 1 aliphatic heterocycles. The fourth-order valence-electron chi connectivity index (χ4n) is 2.70. The molecule has 0 N–H and O–H groups in total. The van der Waals surface area contributed by atoms with E-state index in [1.807, 2.05) is 18.2 Å². The summed E-state index contributed by atoms with van der Waals surface area (Å²) in [5, 5.41) is 0. The number of carbonyl (C=O) groups is 3. The largest absolute Gasteiger partial charge is 0.466 e. The highest BCUT2D eigenvalue weighted by atomic mass is 16.5. The van der Waals surface area contributed by atoms with Crippen LogP contribution in [-0.4, -0.2) is 64.4 Å². The van der Waals surface area contributed by atoms with Gasteiger partial charge in [0.2, 0.25) is 5.91 Å². The molecule has 0 unspecified atom stereocenters. The Morgan fingerprint density at radius 2 is 1.85 bits per heavy atom. The van der Waals surface area contributed by atoms with Gasteiger partial charge in [-0.05, 0) is 24.1 Å². The molecule has 1 amide bonds. The minimum absolute atomic E-state index is 0.0323. The first kappa shape index (κ1) is 20.4. The van der Waals surface area contributed by atoms with Gasteiger partial charge >= 0.3 is 11.9 Å². The first-order valence-electron chi connectivity index (χ1n) is 8.43. The second-order valence-corrected chi connectivity index (χ2v) is 6.17. The van der Waals surface area contributed by atoms with Crippen LogP contribution in [0.25, 0.3) is 0 Å². The van der Waals surface area contributed by atoms with E-state index in [9.17, 15) is 14.4 Å². The van der Waals surface area contributed by atoms with Crippen molar-refractivity contribution in [3.8, 4) is 0 Å². The molecule has 0 atom stereocenters. The number of hydrogen-bond acceptors (Lipinski definition) is 7.